The molecule has 0 bridgehead atoms. The molecule has 0 unspecified atom stereocenters. The number of rotatable bonds is 8. The number of amides is 1. The Hall–Kier alpha value is -1.14. The van der Waals surface area contributed by atoms with E-state index in [2.05, 4.69) is 10.6 Å². The van der Waals surface area contributed by atoms with Crippen LogP contribution in [-0.4, -0.2) is 50.3 Å². The zero-order valence-corrected chi connectivity index (χ0v) is 10.0. The van der Waals surface area contributed by atoms with Crippen LogP contribution in [0.2, 0.25) is 0 Å². The lowest BCUT2D eigenvalue weighted by molar-refractivity contribution is -0.146. The lowest BCUT2D eigenvalue weighted by Gasteiger charge is -2.19. The molecule has 3 N–H and O–H groups in total. The van der Waals surface area contributed by atoms with E-state index in [1.807, 2.05) is 0 Å². The molecule has 0 aromatic heterocycles. The molecule has 0 aliphatic heterocycles. The highest BCUT2D eigenvalue weighted by molar-refractivity contribution is 5.79. The summed E-state index contributed by atoms with van der Waals surface area (Å²) in [5.74, 6) is -1.15. The average Bonchev–Trinajstić information content (AvgIpc) is 2.21. The van der Waals surface area contributed by atoms with Gasteiger partial charge in [-0.15, -0.1) is 0 Å². The first-order valence-corrected chi connectivity index (χ1v) is 5.10. The summed E-state index contributed by atoms with van der Waals surface area (Å²) in [6.07, 6.45) is 0. The van der Waals surface area contributed by atoms with Crippen molar-refractivity contribution in [1.29, 1.82) is 0 Å². The number of hydrogen-bond donors (Lipinski definition) is 3. The minimum Gasteiger partial charge on any atom is -0.481 e. The molecule has 0 aromatic carbocycles. The summed E-state index contributed by atoms with van der Waals surface area (Å²) in [7, 11) is 1.58. The first-order valence-electron chi connectivity index (χ1n) is 5.10. The van der Waals surface area contributed by atoms with Crippen LogP contribution in [0.4, 0.5) is 0 Å². The molecule has 6 heteroatoms. The quantitative estimate of drug-likeness (QED) is 0.489. The molecule has 0 rings (SSSR count). The van der Waals surface area contributed by atoms with E-state index in [1.54, 1.807) is 21.0 Å². The van der Waals surface area contributed by atoms with Crippen molar-refractivity contribution in [2.45, 2.75) is 13.8 Å². The minimum atomic E-state index is -0.942. The third kappa shape index (κ3) is 6.36. The molecular formula is C10H20N2O4. The van der Waals surface area contributed by atoms with Crippen molar-refractivity contribution in [3.05, 3.63) is 0 Å². The first-order chi connectivity index (χ1) is 7.40. The van der Waals surface area contributed by atoms with E-state index in [9.17, 15) is 9.59 Å². The standard InChI is InChI=1S/C10H20N2O4/c1-10(2,9(14)15)7-12-8(13)6-11-4-5-16-3/h11H,4-7H2,1-3H3,(H,12,13)(H,14,15). The Kier molecular flexibility index (Phi) is 6.67. The van der Waals surface area contributed by atoms with E-state index in [0.29, 0.717) is 13.2 Å². The third-order valence-corrected chi connectivity index (χ3v) is 2.07. The molecule has 0 saturated heterocycles. The summed E-state index contributed by atoms with van der Waals surface area (Å²) in [5.41, 5.74) is -0.942. The monoisotopic (exact) mass is 232 g/mol. The van der Waals surface area contributed by atoms with E-state index in [4.69, 9.17) is 9.84 Å². The van der Waals surface area contributed by atoms with Gasteiger partial charge in [0.25, 0.3) is 0 Å². The number of hydrogen-bond acceptors (Lipinski definition) is 4. The van der Waals surface area contributed by atoms with Crippen LogP contribution in [0.3, 0.4) is 0 Å². The molecule has 0 radical (unpaired) electrons. The topological polar surface area (TPSA) is 87.7 Å². The minimum absolute atomic E-state index is 0.118. The van der Waals surface area contributed by atoms with Crippen LogP contribution in [-0.2, 0) is 14.3 Å². The van der Waals surface area contributed by atoms with Gasteiger partial charge in [-0.2, -0.15) is 0 Å². The van der Waals surface area contributed by atoms with Crippen LogP contribution >= 0.6 is 0 Å². The highest BCUT2D eigenvalue weighted by Gasteiger charge is 2.27. The zero-order chi connectivity index (χ0) is 12.6. The van der Waals surface area contributed by atoms with E-state index >= 15 is 0 Å². The van der Waals surface area contributed by atoms with E-state index < -0.39 is 11.4 Å². The lowest BCUT2D eigenvalue weighted by Crippen LogP contribution is -2.42. The fourth-order valence-corrected chi connectivity index (χ4v) is 0.834. The highest BCUT2D eigenvalue weighted by Crippen LogP contribution is 2.12. The summed E-state index contributed by atoms with van der Waals surface area (Å²) in [6, 6.07) is 0. The first kappa shape index (κ1) is 14.9. The number of aliphatic carboxylic acids is 1. The fraction of sp³-hybridized carbons (Fsp3) is 0.800. The Morgan fingerprint density at radius 1 is 1.38 bits per heavy atom. The average molecular weight is 232 g/mol. The zero-order valence-electron chi connectivity index (χ0n) is 10.0. The van der Waals surface area contributed by atoms with Crippen molar-refractivity contribution in [1.82, 2.24) is 10.6 Å². The van der Waals surface area contributed by atoms with Gasteiger partial charge in [0, 0.05) is 20.2 Å². The molecule has 0 aliphatic carbocycles. The molecule has 0 atom stereocenters. The Bertz CT molecular complexity index is 241. The maximum Gasteiger partial charge on any atom is 0.310 e. The van der Waals surface area contributed by atoms with Crippen LogP contribution in [0.1, 0.15) is 13.8 Å². The summed E-state index contributed by atoms with van der Waals surface area (Å²) in [4.78, 5) is 22.0. The molecule has 0 aromatic rings. The van der Waals surface area contributed by atoms with Gasteiger partial charge in [0.1, 0.15) is 0 Å². The van der Waals surface area contributed by atoms with Gasteiger partial charge in [-0.1, -0.05) is 0 Å². The maximum atomic E-state index is 11.3. The SMILES string of the molecule is COCCNCC(=O)NCC(C)(C)C(=O)O. The second kappa shape index (κ2) is 7.19. The smallest absolute Gasteiger partial charge is 0.310 e. The largest absolute Gasteiger partial charge is 0.481 e. The molecule has 16 heavy (non-hydrogen) atoms. The van der Waals surface area contributed by atoms with Gasteiger partial charge in [0.2, 0.25) is 5.91 Å². The number of carbonyl (C=O) groups is 2. The number of methoxy groups -OCH3 is 1. The molecule has 94 valence electrons. The molecule has 0 saturated carbocycles. The van der Waals surface area contributed by atoms with Crippen molar-refractivity contribution < 1.29 is 19.4 Å². The van der Waals surface area contributed by atoms with Crippen molar-refractivity contribution in [3.8, 4) is 0 Å². The fourth-order valence-electron chi connectivity index (χ4n) is 0.834. The normalized spacial score (nSPS) is 11.2. The molecule has 0 spiro atoms. The van der Waals surface area contributed by atoms with Gasteiger partial charge < -0.3 is 20.5 Å². The predicted molar refractivity (Wildman–Crippen MR) is 59.2 cm³/mol. The van der Waals surface area contributed by atoms with Gasteiger partial charge in [-0.3, -0.25) is 9.59 Å². The number of carboxylic acid groups (broad SMARTS) is 1. The van der Waals surface area contributed by atoms with Crippen molar-refractivity contribution in [2.75, 3.05) is 33.4 Å². The number of nitrogens with one attached hydrogen (secondary N) is 2. The Morgan fingerprint density at radius 2 is 2.00 bits per heavy atom. The van der Waals surface area contributed by atoms with Gasteiger partial charge in [-0.25, -0.2) is 0 Å². The Labute approximate surface area is 95.4 Å². The van der Waals surface area contributed by atoms with Gasteiger partial charge in [-0.05, 0) is 13.8 Å². The number of carbonyl (C=O) groups excluding carboxylic acids is 1. The van der Waals surface area contributed by atoms with Crippen LogP contribution in [0.5, 0.6) is 0 Å². The van der Waals surface area contributed by atoms with Gasteiger partial charge in [0.15, 0.2) is 0 Å². The third-order valence-electron chi connectivity index (χ3n) is 2.07. The summed E-state index contributed by atoms with van der Waals surface area (Å²) in [5, 5.41) is 14.2. The molecule has 0 aliphatic rings. The summed E-state index contributed by atoms with van der Waals surface area (Å²) >= 11 is 0. The lowest BCUT2D eigenvalue weighted by atomic mass is 9.94. The van der Waals surface area contributed by atoms with E-state index in [-0.39, 0.29) is 19.0 Å². The molecular weight excluding hydrogens is 212 g/mol. The second-order valence-corrected chi connectivity index (χ2v) is 4.14. The van der Waals surface area contributed by atoms with Crippen LogP contribution < -0.4 is 10.6 Å². The van der Waals surface area contributed by atoms with Gasteiger partial charge >= 0.3 is 5.97 Å². The van der Waals surface area contributed by atoms with Crippen LogP contribution in [0.25, 0.3) is 0 Å². The Balaban J connectivity index is 3.69. The molecule has 6 nitrogen and oxygen atoms in total. The molecule has 1 amide bonds. The van der Waals surface area contributed by atoms with E-state index in [1.165, 1.54) is 0 Å². The van der Waals surface area contributed by atoms with Crippen LogP contribution in [0.15, 0.2) is 0 Å². The van der Waals surface area contributed by atoms with Crippen molar-refractivity contribution in [3.63, 3.8) is 0 Å². The van der Waals surface area contributed by atoms with Crippen molar-refractivity contribution in [2.24, 2.45) is 5.41 Å². The highest BCUT2D eigenvalue weighted by atomic mass is 16.5. The van der Waals surface area contributed by atoms with Gasteiger partial charge in [0.05, 0.1) is 18.6 Å². The van der Waals surface area contributed by atoms with Crippen LogP contribution in [0, 0.1) is 5.41 Å². The van der Waals surface area contributed by atoms with E-state index in [0.717, 1.165) is 0 Å². The summed E-state index contributed by atoms with van der Waals surface area (Å²) < 4.78 is 4.80. The molecule has 0 fully saturated rings. The Morgan fingerprint density at radius 3 is 2.50 bits per heavy atom. The predicted octanol–water partition coefficient (Wildman–Crippen LogP) is -0.551. The second-order valence-electron chi connectivity index (χ2n) is 4.14. The summed E-state index contributed by atoms with van der Waals surface area (Å²) in [6.45, 7) is 4.54. The number of carboxylic acids is 1. The maximum absolute atomic E-state index is 11.3. The van der Waals surface area contributed by atoms with Crippen molar-refractivity contribution >= 4 is 11.9 Å². The number of ether oxygens (including phenoxy) is 1. The molecule has 0 heterocycles.